The van der Waals surface area contributed by atoms with Gasteiger partial charge in [0.05, 0.1) is 0 Å². The first-order chi connectivity index (χ1) is 9.11. The number of nitrogens with two attached hydrogens (primary N) is 1. The Morgan fingerprint density at radius 1 is 1.37 bits per heavy atom. The highest BCUT2D eigenvalue weighted by Crippen LogP contribution is 2.30. The fraction of sp³-hybridized carbons (Fsp3) is 0.714. The van der Waals surface area contributed by atoms with Crippen LogP contribution in [0.25, 0.3) is 0 Å². The predicted octanol–water partition coefficient (Wildman–Crippen LogP) is 2.25. The molecule has 1 aliphatic carbocycles. The highest BCUT2D eigenvalue weighted by molar-refractivity contribution is 5.99. The van der Waals surface area contributed by atoms with E-state index in [4.69, 9.17) is 5.73 Å². The molecule has 0 aliphatic heterocycles. The summed E-state index contributed by atoms with van der Waals surface area (Å²) in [5.41, 5.74) is 6.90. The number of carbonyl (C=O) groups excluding carboxylic acids is 1. The van der Waals surface area contributed by atoms with Crippen LogP contribution in [0, 0.1) is 18.8 Å². The summed E-state index contributed by atoms with van der Waals surface area (Å²) in [5, 5.41) is 9.57. The van der Waals surface area contributed by atoms with E-state index in [2.05, 4.69) is 22.4 Å². The summed E-state index contributed by atoms with van der Waals surface area (Å²) in [6.45, 7) is 4.82. The Bertz CT molecular complexity index is 413. The van der Waals surface area contributed by atoms with Gasteiger partial charge in [0.1, 0.15) is 5.56 Å². The molecule has 106 valence electrons. The highest BCUT2D eigenvalue weighted by Gasteiger charge is 2.22. The number of aromatic nitrogens is 2. The van der Waals surface area contributed by atoms with Crippen LogP contribution in [0.5, 0.6) is 0 Å². The molecular weight excluding hydrogens is 240 g/mol. The van der Waals surface area contributed by atoms with Gasteiger partial charge in [0, 0.05) is 12.2 Å². The lowest BCUT2D eigenvalue weighted by molar-refractivity contribution is 0.0941. The Balaban J connectivity index is 1.82. The van der Waals surface area contributed by atoms with Crippen molar-refractivity contribution in [2.45, 2.75) is 46.0 Å². The Morgan fingerprint density at radius 3 is 2.53 bits per heavy atom. The van der Waals surface area contributed by atoms with Crippen molar-refractivity contribution in [3.8, 4) is 0 Å². The molecule has 1 saturated carbocycles. The molecule has 2 rings (SSSR count). The topological polar surface area (TPSA) is 83.8 Å². The number of hydrogen-bond donors (Lipinski definition) is 3. The van der Waals surface area contributed by atoms with Gasteiger partial charge in [-0.1, -0.05) is 26.2 Å². The maximum Gasteiger partial charge on any atom is 0.256 e. The molecular formula is C14H24N4O. The molecule has 4 N–H and O–H groups in total. The minimum Gasteiger partial charge on any atom is -0.382 e. The van der Waals surface area contributed by atoms with Crippen LogP contribution in [0.1, 0.15) is 55.1 Å². The zero-order valence-electron chi connectivity index (χ0n) is 11.8. The van der Waals surface area contributed by atoms with E-state index in [1.807, 2.05) is 6.92 Å². The Labute approximate surface area is 114 Å². The SMILES string of the molecule is CCC1CCC(CNC(=O)c2c(N)n[nH]c2C)CC1. The molecule has 0 aromatic carbocycles. The van der Waals surface area contributed by atoms with Gasteiger partial charge in [-0.2, -0.15) is 5.10 Å². The average Bonchev–Trinajstić information content (AvgIpc) is 2.76. The number of hydrogen-bond acceptors (Lipinski definition) is 3. The second-order valence-corrected chi connectivity index (χ2v) is 5.61. The lowest BCUT2D eigenvalue weighted by Gasteiger charge is -2.27. The molecule has 0 radical (unpaired) electrons. The number of nitrogen functional groups attached to an aromatic ring is 1. The zero-order valence-corrected chi connectivity index (χ0v) is 11.8. The maximum absolute atomic E-state index is 12.1. The van der Waals surface area contributed by atoms with Gasteiger partial charge < -0.3 is 11.1 Å². The van der Waals surface area contributed by atoms with Crippen molar-refractivity contribution in [3.63, 3.8) is 0 Å². The first-order valence-electron chi connectivity index (χ1n) is 7.20. The van der Waals surface area contributed by atoms with Gasteiger partial charge in [-0.3, -0.25) is 9.89 Å². The van der Waals surface area contributed by atoms with E-state index in [-0.39, 0.29) is 11.7 Å². The summed E-state index contributed by atoms with van der Waals surface area (Å²) in [5.74, 6) is 1.67. The molecule has 1 aromatic heterocycles. The van der Waals surface area contributed by atoms with Gasteiger partial charge in [0.25, 0.3) is 5.91 Å². The van der Waals surface area contributed by atoms with E-state index in [1.165, 1.54) is 32.1 Å². The van der Waals surface area contributed by atoms with Crippen molar-refractivity contribution >= 4 is 11.7 Å². The van der Waals surface area contributed by atoms with Gasteiger partial charge in [0.15, 0.2) is 5.82 Å². The fourth-order valence-corrected chi connectivity index (χ4v) is 2.90. The number of anilines is 1. The number of nitrogens with one attached hydrogen (secondary N) is 2. The summed E-state index contributed by atoms with van der Waals surface area (Å²) in [6.07, 6.45) is 6.31. The number of rotatable bonds is 4. The summed E-state index contributed by atoms with van der Waals surface area (Å²) in [7, 11) is 0. The van der Waals surface area contributed by atoms with Crippen LogP contribution in [0.2, 0.25) is 0 Å². The van der Waals surface area contributed by atoms with Crippen LogP contribution in [0.3, 0.4) is 0 Å². The summed E-state index contributed by atoms with van der Waals surface area (Å²) in [6, 6.07) is 0. The van der Waals surface area contributed by atoms with Crippen LogP contribution in [0.4, 0.5) is 5.82 Å². The second kappa shape index (κ2) is 6.08. The second-order valence-electron chi connectivity index (χ2n) is 5.61. The molecule has 5 nitrogen and oxygen atoms in total. The van der Waals surface area contributed by atoms with Gasteiger partial charge in [0.2, 0.25) is 0 Å². The van der Waals surface area contributed by atoms with E-state index in [1.54, 1.807) is 0 Å². The first-order valence-corrected chi connectivity index (χ1v) is 7.20. The van der Waals surface area contributed by atoms with Gasteiger partial charge in [-0.05, 0) is 31.6 Å². The third-order valence-electron chi connectivity index (χ3n) is 4.30. The molecule has 5 heteroatoms. The lowest BCUT2D eigenvalue weighted by Crippen LogP contribution is -2.31. The monoisotopic (exact) mass is 264 g/mol. The number of amides is 1. The van der Waals surface area contributed by atoms with Crippen LogP contribution in [0.15, 0.2) is 0 Å². The number of aryl methyl sites for hydroxylation is 1. The van der Waals surface area contributed by atoms with Crippen molar-refractivity contribution in [2.75, 3.05) is 12.3 Å². The predicted molar refractivity (Wildman–Crippen MR) is 75.8 cm³/mol. The van der Waals surface area contributed by atoms with Gasteiger partial charge >= 0.3 is 0 Å². The smallest absolute Gasteiger partial charge is 0.256 e. The molecule has 1 fully saturated rings. The largest absolute Gasteiger partial charge is 0.382 e. The van der Waals surface area contributed by atoms with E-state index < -0.39 is 0 Å². The zero-order chi connectivity index (χ0) is 13.8. The van der Waals surface area contributed by atoms with Crippen molar-refractivity contribution in [1.82, 2.24) is 15.5 Å². The Morgan fingerprint density at radius 2 is 2.00 bits per heavy atom. The van der Waals surface area contributed by atoms with Crippen molar-refractivity contribution < 1.29 is 4.79 Å². The number of nitrogens with zero attached hydrogens (tertiary/aromatic N) is 1. The highest BCUT2D eigenvalue weighted by atomic mass is 16.1. The molecule has 0 bridgehead atoms. The van der Waals surface area contributed by atoms with E-state index in [9.17, 15) is 4.79 Å². The molecule has 1 aliphatic rings. The van der Waals surface area contributed by atoms with Crippen LogP contribution in [-0.2, 0) is 0 Å². The van der Waals surface area contributed by atoms with E-state index in [0.717, 1.165) is 18.2 Å². The number of carbonyl (C=O) groups is 1. The summed E-state index contributed by atoms with van der Waals surface area (Å²) in [4.78, 5) is 12.1. The van der Waals surface area contributed by atoms with E-state index in [0.29, 0.717) is 11.5 Å². The normalized spacial score (nSPS) is 23.3. The van der Waals surface area contributed by atoms with Crippen molar-refractivity contribution in [1.29, 1.82) is 0 Å². The third-order valence-corrected chi connectivity index (χ3v) is 4.30. The maximum atomic E-state index is 12.1. The number of H-pyrrole nitrogens is 1. The molecule has 1 amide bonds. The van der Waals surface area contributed by atoms with E-state index >= 15 is 0 Å². The molecule has 0 spiro atoms. The Hall–Kier alpha value is -1.52. The first kappa shape index (κ1) is 13.9. The van der Waals surface area contributed by atoms with Crippen LogP contribution < -0.4 is 11.1 Å². The third kappa shape index (κ3) is 3.28. The minimum absolute atomic E-state index is 0.110. The Kier molecular flexibility index (Phi) is 4.45. The molecule has 1 heterocycles. The van der Waals surface area contributed by atoms with Crippen molar-refractivity contribution in [3.05, 3.63) is 11.3 Å². The fourth-order valence-electron chi connectivity index (χ4n) is 2.90. The molecule has 0 saturated heterocycles. The standard InChI is InChI=1S/C14H24N4O/c1-3-10-4-6-11(7-5-10)8-16-14(19)12-9(2)17-18-13(12)15/h10-11H,3-8H2,1-2H3,(H,16,19)(H3,15,17,18). The minimum atomic E-state index is -0.110. The molecule has 0 atom stereocenters. The average molecular weight is 264 g/mol. The summed E-state index contributed by atoms with van der Waals surface area (Å²) < 4.78 is 0. The van der Waals surface area contributed by atoms with Crippen LogP contribution in [-0.4, -0.2) is 22.6 Å². The summed E-state index contributed by atoms with van der Waals surface area (Å²) >= 11 is 0. The van der Waals surface area contributed by atoms with Crippen molar-refractivity contribution in [2.24, 2.45) is 11.8 Å². The van der Waals surface area contributed by atoms with Crippen LogP contribution >= 0.6 is 0 Å². The van der Waals surface area contributed by atoms with Gasteiger partial charge in [-0.25, -0.2) is 0 Å². The number of aromatic amines is 1. The molecule has 19 heavy (non-hydrogen) atoms. The molecule has 0 unspecified atom stereocenters. The lowest BCUT2D eigenvalue weighted by atomic mass is 9.81. The van der Waals surface area contributed by atoms with Gasteiger partial charge in [-0.15, -0.1) is 0 Å². The molecule has 1 aromatic rings. The quantitative estimate of drug-likeness (QED) is 0.779.